The third-order valence-corrected chi connectivity index (χ3v) is 8.50. The highest BCUT2D eigenvalue weighted by Crippen LogP contribution is 2.76. The van der Waals surface area contributed by atoms with Gasteiger partial charge in [0.1, 0.15) is 0 Å². The molecular formula is C19H15N3OS. The van der Waals surface area contributed by atoms with Gasteiger partial charge in [0.05, 0.1) is 21.9 Å². The normalized spacial score (nSPS) is 20.7. The first-order valence-corrected chi connectivity index (χ1v) is 9.50. The summed E-state index contributed by atoms with van der Waals surface area (Å²) in [6, 6.07) is 1.78. The quantitative estimate of drug-likeness (QED) is 0.778. The smallest absolute Gasteiger partial charge is 0.202 e. The average molecular weight is 333 g/mol. The number of nitrogens with zero attached hydrogens (tertiary/aromatic N) is 3. The molecule has 5 rings (SSSR count). The lowest BCUT2D eigenvalue weighted by Crippen LogP contribution is -2.10. The molecule has 1 spiro atoms. The minimum Gasteiger partial charge on any atom is -0.288 e. The van der Waals surface area contributed by atoms with Gasteiger partial charge in [-0.1, -0.05) is 6.08 Å². The number of rotatable bonds is 2. The number of fused-ring (bicyclic) bond motifs is 1. The van der Waals surface area contributed by atoms with Gasteiger partial charge in [-0.25, -0.2) is 9.50 Å². The van der Waals surface area contributed by atoms with E-state index in [0.717, 1.165) is 16.3 Å². The number of Topliss-reactive ketones (excluding diaryl/α,β-unsaturated/α-hetero) is 1. The van der Waals surface area contributed by atoms with Crippen LogP contribution in [0.3, 0.4) is 0 Å². The summed E-state index contributed by atoms with van der Waals surface area (Å²) >= 11 is 0. The van der Waals surface area contributed by atoms with Crippen LogP contribution < -0.4 is 0 Å². The maximum absolute atomic E-state index is 13.4. The molecule has 0 saturated carbocycles. The molecule has 0 N–H and O–H groups in total. The molecule has 5 heterocycles. The van der Waals surface area contributed by atoms with Gasteiger partial charge in [-0.05, 0) is 55.7 Å². The second-order valence-electron chi connectivity index (χ2n) is 6.08. The summed E-state index contributed by atoms with van der Waals surface area (Å²) in [6.45, 7) is 3.91. The van der Waals surface area contributed by atoms with Crippen molar-refractivity contribution in [1.29, 1.82) is 0 Å². The van der Waals surface area contributed by atoms with Gasteiger partial charge in [0.25, 0.3) is 0 Å². The molecule has 0 unspecified atom stereocenters. The Morgan fingerprint density at radius 2 is 1.88 bits per heavy atom. The van der Waals surface area contributed by atoms with Crippen molar-refractivity contribution in [3.8, 4) is 0 Å². The summed E-state index contributed by atoms with van der Waals surface area (Å²) in [7, 11) is -1.45. The third-order valence-electron chi connectivity index (χ3n) is 4.89. The predicted molar refractivity (Wildman–Crippen MR) is 96.9 cm³/mol. The molecule has 0 fully saturated rings. The van der Waals surface area contributed by atoms with Crippen LogP contribution in [0.15, 0.2) is 68.8 Å². The van der Waals surface area contributed by atoms with Crippen molar-refractivity contribution in [1.82, 2.24) is 14.6 Å². The Hall–Kier alpha value is -2.66. The van der Waals surface area contributed by atoms with Crippen molar-refractivity contribution in [3.63, 3.8) is 0 Å². The first-order valence-electron chi connectivity index (χ1n) is 7.80. The highest BCUT2D eigenvalue weighted by Gasteiger charge is 2.43. The molecule has 0 radical (unpaired) electrons. The number of aryl methyl sites for hydroxylation is 2. The Bertz CT molecular complexity index is 1070. The summed E-state index contributed by atoms with van der Waals surface area (Å²) in [5.41, 5.74) is 3.13. The van der Waals surface area contributed by atoms with Crippen LogP contribution in [-0.2, 0) is 0 Å². The van der Waals surface area contributed by atoms with Gasteiger partial charge in [0, 0.05) is 16.0 Å². The van der Waals surface area contributed by atoms with E-state index in [4.69, 9.17) is 0 Å². The molecule has 4 nitrogen and oxygen atoms in total. The maximum Gasteiger partial charge on any atom is 0.202 e. The van der Waals surface area contributed by atoms with E-state index in [9.17, 15) is 4.79 Å². The summed E-state index contributed by atoms with van der Waals surface area (Å²) in [4.78, 5) is 21.3. The number of imidazole rings is 1. The van der Waals surface area contributed by atoms with Crippen LogP contribution in [0.4, 0.5) is 0 Å². The molecule has 2 aromatic heterocycles. The first-order chi connectivity index (χ1) is 11.6. The minimum absolute atomic E-state index is 0.0507. The molecule has 0 saturated heterocycles. The Labute approximate surface area is 140 Å². The first kappa shape index (κ1) is 13.7. The fourth-order valence-electron chi connectivity index (χ4n) is 3.54. The van der Waals surface area contributed by atoms with Gasteiger partial charge in [-0.2, -0.15) is 5.10 Å². The van der Waals surface area contributed by atoms with Crippen LogP contribution in [0.2, 0.25) is 0 Å². The number of hydrogen-bond acceptors (Lipinski definition) is 3. The predicted octanol–water partition coefficient (Wildman–Crippen LogP) is 4.10. The molecule has 3 aliphatic heterocycles. The molecule has 3 aliphatic rings. The van der Waals surface area contributed by atoms with E-state index < -0.39 is 10.0 Å². The van der Waals surface area contributed by atoms with Gasteiger partial charge < -0.3 is 0 Å². The molecule has 0 amide bonds. The van der Waals surface area contributed by atoms with E-state index in [-0.39, 0.29) is 5.78 Å². The molecule has 2 bridgehead atoms. The van der Waals surface area contributed by atoms with Crippen molar-refractivity contribution in [3.05, 3.63) is 85.8 Å². The molecule has 2 aromatic rings. The highest BCUT2D eigenvalue weighted by atomic mass is 32.3. The Morgan fingerprint density at radius 1 is 1.12 bits per heavy atom. The largest absolute Gasteiger partial charge is 0.288 e. The van der Waals surface area contributed by atoms with Gasteiger partial charge in [0.15, 0.2) is 5.65 Å². The van der Waals surface area contributed by atoms with Gasteiger partial charge >= 0.3 is 0 Å². The second kappa shape index (κ2) is 4.45. The number of carbonyl (C=O) groups is 1. The van der Waals surface area contributed by atoms with Crippen molar-refractivity contribution in [2.45, 2.75) is 13.8 Å². The van der Waals surface area contributed by atoms with Crippen molar-refractivity contribution >= 4 is 21.5 Å². The van der Waals surface area contributed by atoms with E-state index in [1.54, 1.807) is 16.8 Å². The van der Waals surface area contributed by atoms with E-state index in [1.807, 2.05) is 26.0 Å². The topological polar surface area (TPSA) is 47.3 Å². The van der Waals surface area contributed by atoms with Crippen LogP contribution >= 0.6 is 10.0 Å². The van der Waals surface area contributed by atoms with Crippen LogP contribution in [0.5, 0.6) is 0 Å². The summed E-state index contributed by atoms with van der Waals surface area (Å²) in [6.07, 6.45) is 14.2. The lowest BCUT2D eigenvalue weighted by Gasteiger charge is -2.32. The SMILES string of the molecule is Cc1nc2c(C(=O)C3=CC=CS34C3=CC=C4C=C3)ccnn2c1C. The zero-order valence-electron chi connectivity index (χ0n) is 13.4. The zero-order chi connectivity index (χ0) is 16.5. The zero-order valence-corrected chi connectivity index (χ0v) is 14.2. The molecule has 0 aliphatic carbocycles. The second-order valence-corrected chi connectivity index (χ2v) is 9.06. The van der Waals surface area contributed by atoms with E-state index in [2.05, 4.69) is 39.8 Å². The summed E-state index contributed by atoms with van der Waals surface area (Å²) in [5.74, 6) is 0.0507. The fraction of sp³-hybridized carbons (Fsp3) is 0.105. The molecule has 5 heteroatoms. The van der Waals surface area contributed by atoms with Gasteiger partial charge in [0.2, 0.25) is 5.78 Å². The fourth-order valence-corrected chi connectivity index (χ4v) is 6.92. The number of hydrogen-bond donors (Lipinski definition) is 0. The van der Waals surface area contributed by atoms with E-state index >= 15 is 0 Å². The monoisotopic (exact) mass is 333 g/mol. The number of allylic oxidation sites excluding steroid dienone is 7. The van der Waals surface area contributed by atoms with Crippen LogP contribution in [0.1, 0.15) is 21.7 Å². The molecular weight excluding hydrogens is 318 g/mol. The average Bonchev–Trinajstić information content (AvgIpc) is 3.35. The Balaban J connectivity index is 1.68. The lowest BCUT2D eigenvalue weighted by atomic mass is 10.2. The number of ketones is 1. The minimum atomic E-state index is -1.45. The molecule has 118 valence electrons. The molecule has 0 atom stereocenters. The van der Waals surface area contributed by atoms with Crippen molar-refractivity contribution < 1.29 is 4.79 Å². The number of aromatic nitrogens is 3. The summed E-state index contributed by atoms with van der Waals surface area (Å²) < 4.78 is 1.76. The van der Waals surface area contributed by atoms with Gasteiger partial charge in [-0.15, -0.1) is 10.0 Å². The Morgan fingerprint density at radius 3 is 2.58 bits per heavy atom. The van der Waals surface area contributed by atoms with Gasteiger partial charge in [-0.3, -0.25) is 4.79 Å². The summed E-state index contributed by atoms with van der Waals surface area (Å²) in [5, 5.41) is 6.54. The third kappa shape index (κ3) is 1.48. The lowest BCUT2D eigenvalue weighted by molar-refractivity contribution is 0.104. The standard InChI is InChI=1S/C19H15N3OS/c1-12-13(2)22-19(21-12)16(9-10-20-22)18(23)17-4-3-11-24(17)14-5-6-15(24)8-7-14/h3-11H,1-2H3. The van der Waals surface area contributed by atoms with Crippen LogP contribution in [0.25, 0.3) is 5.65 Å². The van der Waals surface area contributed by atoms with E-state index in [0.29, 0.717) is 11.2 Å². The molecule has 24 heavy (non-hydrogen) atoms. The van der Waals surface area contributed by atoms with Crippen LogP contribution in [-0.4, -0.2) is 20.4 Å². The number of carbonyl (C=O) groups excluding carboxylic acids is 1. The molecule has 0 aromatic carbocycles. The van der Waals surface area contributed by atoms with Crippen LogP contribution in [0, 0.1) is 13.8 Å². The van der Waals surface area contributed by atoms with Crippen molar-refractivity contribution in [2.24, 2.45) is 0 Å². The maximum atomic E-state index is 13.4. The van der Waals surface area contributed by atoms with E-state index in [1.165, 1.54) is 9.81 Å². The van der Waals surface area contributed by atoms with Crippen molar-refractivity contribution in [2.75, 3.05) is 0 Å². The Kier molecular flexibility index (Phi) is 2.55. The highest BCUT2D eigenvalue weighted by molar-refractivity contribution is 8.46.